The van der Waals surface area contributed by atoms with Crippen LogP contribution in [0.2, 0.25) is 0 Å². The average molecular weight is 447 g/mol. The number of benzene rings is 1. The summed E-state index contributed by atoms with van der Waals surface area (Å²) in [7, 11) is 0. The number of rotatable bonds is 7. The van der Waals surface area contributed by atoms with Crippen molar-refractivity contribution in [2.45, 2.75) is 39.5 Å². The van der Waals surface area contributed by atoms with Crippen molar-refractivity contribution in [1.29, 1.82) is 0 Å². The van der Waals surface area contributed by atoms with Crippen LogP contribution in [0.25, 0.3) is 11.5 Å². The van der Waals surface area contributed by atoms with Gasteiger partial charge in [-0.05, 0) is 50.1 Å². The molecule has 1 N–H and O–H groups in total. The number of nitrogens with zero attached hydrogens (tertiary/aromatic N) is 6. The van der Waals surface area contributed by atoms with Gasteiger partial charge in [-0.2, -0.15) is 14.3 Å². The summed E-state index contributed by atoms with van der Waals surface area (Å²) in [4.78, 5) is 12.7. The Morgan fingerprint density at radius 2 is 2.00 bits per heavy atom. The van der Waals surface area contributed by atoms with Gasteiger partial charge in [0.05, 0.1) is 19.4 Å². The third-order valence-corrected chi connectivity index (χ3v) is 5.57. The van der Waals surface area contributed by atoms with Crippen LogP contribution in [-0.2, 0) is 4.79 Å². The molecule has 5 rings (SSSR count). The fourth-order valence-corrected chi connectivity index (χ4v) is 4.03. The van der Waals surface area contributed by atoms with Crippen molar-refractivity contribution in [2.24, 2.45) is 0 Å². The molecule has 1 amide bonds. The molecule has 0 spiro atoms. The lowest BCUT2D eigenvalue weighted by atomic mass is 9.87. The van der Waals surface area contributed by atoms with Gasteiger partial charge >= 0.3 is 0 Å². The van der Waals surface area contributed by atoms with Gasteiger partial charge in [0, 0.05) is 17.9 Å². The molecule has 0 radical (unpaired) electrons. The maximum absolute atomic E-state index is 12.7. The molecule has 170 valence electrons. The fraction of sp³-hybridized carbons (Fsp3) is 0.348. The summed E-state index contributed by atoms with van der Waals surface area (Å²) in [5, 5.41) is 20.2. The monoisotopic (exact) mass is 447 g/mol. The molecule has 1 aliphatic heterocycles. The normalized spacial score (nSPS) is 15.4. The van der Waals surface area contributed by atoms with Gasteiger partial charge in [-0.3, -0.25) is 4.79 Å². The number of carbonyl (C=O) groups excluding carboxylic acids is 1. The first-order chi connectivity index (χ1) is 16.1. The molecule has 3 aromatic heterocycles. The molecule has 0 unspecified atom stereocenters. The second-order valence-corrected chi connectivity index (χ2v) is 7.86. The minimum absolute atomic E-state index is 0.0833. The van der Waals surface area contributed by atoms with Crippen LogP contribution in [-0.4, -0.2) is 48.7 Å². The molecular weight excluding hydrogens is 422 g/mol. The van der Waals surface area contributed by atoms with E-state index in [4.69, 9.17) is 9.47 Å². The van der Waals surface area contributed by atoms with Gasteiger partial charge in [-0.1, -0.05) is 13.0 Å². The highest BCUT2D eigenvalue weighted by atomic mass is 16.5. The number of fused-ring (bicyclic) bond motifs is 2. The number of aromatic nitrogens is 6. The number of amides is 1. The van der Waals surface area contributed by atoms with Crippen molar-refractivity contribution in [3.63, 3.8) is 0 Å². The molecule has 10 heteroatoms. The van der Waals surface area contributed by atoms with Gasteiger partial charge in [0.2, 0.25) is 5.91 Å². The van der Waals surface area contributed by atoms with Crippen LogP contribution in [0, 0.1) is 6.92 Å². The highest BCUT2D eigenvalue weighted by Crippen LogP contribution is 2.40. The first-order valence-electron chi connectivity index (χ1n) is 11.1. The highest BCUT2D eigenvalue weighted by Gasteiger charge is 2.31. The van der Waals surface area contributed by atoms with Crippen molar-refractivity contribution < 1.29 is 14.3 Å². The van der Waals surface area contributed by atoms with Crippen molar-refractivity contribution in [3.05, 3.63) is 53.5 Å². The number of hydrogen-bond donors (Lipinski definition) is 1. The number of carbonyl (C=O) groups is 1. The van der Waals surface area contributed by atoms with E-state index < -0.39 is 0 Å². The van der Waals surface area contributed by atoms with E-state index >= 15 is 0 Å². The SMILES string of the molecule is CCCOc1ccc([C@@H]2CC(=O)Nc3c2cnn3-c2ccc3nnc(C)n3n2)cc1OCC. The van der Waals surface area contributed by atoms with Crippen molar-refractivity contribution in [2.75, 3.05) is 18.5 Å². The Labute approximate surface area is 190 Å². The van der Waals surface area contributed by atoms with Crippen molar-refractivity contribution >= 4 is 17.4 Å². The molecule has 0 saturated carbocycles. The first-order valence-corrected chi connectivity index (χ1v) is 11.1. The van der Waals surface area contributed by atoms with Gasteiger partial charge < -0.3 is 14.8 Å². The number of nitrogens with one attached hydrogen (secondary N) is 1. The molecule has 0 aliphatic carbocycles. The zero-order valence-electron chi connectivity index (χ0n) is 18.8. The summed E-state index contributed by atoms with van der Waals surface area (Å²) in [5.41, 5.74) is 2.53. The number of hydrogen-bond acceptors (Lipinski definition) is 7. The van der Waals surface area contributed by atoms with Gasteiger partial charge in [0.1, 0.15) is 5.82 Å². The van der Waals surface area contributed by atoms with Crippen molar-refractivity contribution in [3.8, 4) is 17.3 Å². The van der Waals surface area contributed by atoms with E-state index in [9.17, 15) is 4.79 Å². The smallest absolute Gasteiger partial charge is 0.226 e. The van der Waals surface area contributed by atoms with Crippen LogP contribution in [0.4, 0.5) is 5.82 Å². The fourth-order valence-electron chi connectivity index (χ4n) is 4.03. The summed E-state index contributed by atoms with van der Waals surface area (Å²) in [5.74, 6) is 2.98. The van der Waals surface area contributed by atoms with E-state index in [1.807, 2.05) is 38.1 Å². The lowest BCUT2D eigenvalue weighted by molar-refractivity contribution is -0.116. The lowest BCUT2D eigenvalue weighted by Gasteiger charge is -2.24. The molecule has 4 heterocycles. The topological polar surface area (TPSA) is 108 Å². The lowest BCUT2D eigenvalue weighted by Crippen LogP contribution is -2.25. The highest BCUT2D eigenvalue weighted by molar-refractivity contribution is 5.94. The molecule has 33 heavy (non-hydrogen) atoms. The summed E-state index contributed by atoms with van der Waals surface area (Å²) in [6, 6.07) is 9.49. The molecule has 0 bridgehead atoms. The molecule has 0 fully saturated rings. The Hall–Kier alpha value is -3.95. The zero-order valence-corrected chi connectivity index (χ0v) is 18.8. The predicted molar refractivity (Wildman–Crippen MR) is 121 cm³/mol. The Balaban J connectivity index is 1.55. The van der Waals surface area contributed by atoms with Crippen LogP contribution in [0.15, 0.2) is 36.5 Å². The van der Waals surface area contributed by atoms with E-state index in [2.05, 4.69) is 32.6 Å². The maximum atomic E-state index is 12.7. The third-order valence-electron chi connectivity index (χ3n) is 5.57. The number of ether oxygens (including phenoxy) is 2. The van der Waals surface area contributed by atoms with E-state index in [-0.39, 0.29) is 11.8 Å². The van der Waals surface area contributed by atoms with Gasteiger partial charge in [-0.15, -0.1) is 15.3 Å². The minimum atomic E-state index is -0.165. The number of aryl methyl sites for hydroxylation is 1. The summed E-state index contributed by atoms with van der Waals surface area (Å²) in [6.07, 6.45) is 3.01. The Morgan fingerprint density at radius 1 is 1.12 bits per heavy atom. The van der Waals surface area contributed by atoms with Crippen LogP contribution >= 0.6 is 0 Å². The average Bonchev–Trinajstić information content (AvgIpc) is 3.41. The van der Waals surface area contributed by atoms with Gasteiger partial charge in [0.15, 0.2) is 28.8 Å². The second-order valence-electron chi connectivity index (χ2n) is 7.86. The summed E-state index contributed by atoms with van der Waals surface area (Å²) < 4.78 is 14.9. The number of anilines is 1. The molecule has 10 nitrogen and oxygen atoms in total. The minimum Gasteiger partial charge on any atom is -0.490 e. The predicted octanol–water partition coefficient (Wildman–Crippen LogP) is 3.28. The molecule has 1 aromatic carbocycles. The molecule has 1 aliphatic rings. The summed E-state index contributed by atoms with van der Waals surface area (Å²) in [6.45, 7) is 6.97. The van der Waals surface area contributed by atoms with Crippen LogP contribution in [0.5, 0.6) is 11.5 Å². The van der Waals surface area contributed by atoms with Crippen LogP contribution in [0.3, 0.4) is 0 Å². The zero-order chi connectivity index (χ0) is 22.9. The largest absolute Gasteiger partial charge is 0.490 e. The first kappa shape index (κ1) is 20.9. The molecule has 1 atom stereocenters. The third kappa shape index (κ3) is 3.77. The molecular formula is C23H25N7O3. The second kappa shape index (κ2) is 8.53. The van der Waals surface area contributed by atoms with Gasteiger partial charge in [-0.25, -0.2) is 0 Å². The van der Waals surface area contributed by atoms with Crippen LogP contribution in [0.1, 0.15) is 49.6 Å². The Bertz CT molecular complexity index is 1330. The Kier molecular flexibility index (Phi) is 5.41. The molecule has 0 saturated heterocycles. The quantitative estimate of drug-likeness (QED) is 0.463. The van der Waals surface area contributed by atoms with Crippen molar-refractivity contribution in [1.82, 2.24) is 29.6 Å². The van der Waals surface area contributed by atoms with Gasteiger partial charge in [0.25, 0.3) is 0 Å². The maximum Gasteiger partial charge on any atom is 0.226 e. The van der Waals surface area contributed by atoms with E-state index in [0.29, 0.717) is 54.2 Å². The van der Waals surface area contributed by atoms with E-state index in [1.54, 1.807) is 21.5 Å². The Morgan fingerprint density at radius 3 is 2.82 bits per heavy atom. The van der Waals surface area contributed by atoms with E-state index in [0.717, 1.165) is 17.5 Å². The van der Waals surface area contributed by atoms with Crippen LogP contribution < -0.4 is 14.8 Å². The van der Waals surface area contributed by atoms with E-state index in [1.165, 1.54) is 0 Å². The standard InChI is InChI=1S/C23H25N7O3/c1-4-10-33-18-7-6-15(11-19(18)32-5-2)16-12-22(31)25-23-17(16)13-24-30(23)21-9-8-20-27-26-14(3)29(20)28-21/h6-9,11,13,16H,4-5,10,12H2,1-3H3,(H,25,31)/t16-/m0/s1. The molecule has 4 aromatic rings. The summed E-state index contributed by atoms with van der Waals surface area (Å²) >= 11 is 0.